The zero-order chi connectivity index (χ0) is 19.1. The normalized spacial score (nSPS) is 11.2. The van der Waals surface area contributed by atoms with E-state index in [0.717, 1.165) is 42.8 Å². The fourth-order valence-electron chi connectivity index (χ4n) is 3.19. The fraction of sp³-hybridized carbons (Fsp3) is 0.0455. The molecule has 0 saturated heterocycles. The first kappa shape index (κ1) is 17.0. The topological polar surface area (TPSA) is 41.0 Å². The number of nitrogens with one attached hydrogen (secondary N) is 1. The third-order valence-electron chi connectivity index (χ3n) is 4.68. The molecule has 2 aromatic heterocycles. The van der Waals surface area contributed by atoms with Gasteiger partial charge in [0, 0.05) is 28.5 Å². The Labute approximate surface area is 171 Å². The van der Waals surface area contributed by atoms with E-state index in [9.17, 15) is 0 Å². The summed E-state index contributed by atoms with van der Waals surface area (Å²) >= 11 is 7.25. The van der Waals surface area contributed by atoms with Crippen LogP contribution in [0.5, 0.6) is 0 Å². The van der Waals surface area contributed by atoms with Crippen LogP contribution in [-0.2, 0) is 0 Å². The molecule has 0 aliphatic heterocycles. The second-order valence-corrected chi connectivity index (χ2v) is 7.92. The largest absolute Gasteiger partial charge is 0.332 e. The molecular weight excluding hydrogens is 384 g/mol. The molecule has 4 nitrogen and oxygen atoms in total. The summed E-state index contributed by atoms with van der Waals surface area (Å²) in [5, 5.41) is 5.07. The average Bonchev–Trinajstić information content (AvgIpc) is 3.09. The Morgan fingerprint density at radius 2 is 1.64 bits per heavy atom. The summed E-state index contributed by atoms with van der Waals surface area (Å²) in [6.07, 6.45) is 0. The number of nitrogens with zero attached hydrogens (tertiary/aromatic N) is 3. The molecule has 0 spiro atoms. The van der Waals surface area contributed by atoms with Crippen molar-refractivity contribution in [2.75, 3.05) is 17.3 Å². The van der Waals surface area contributed by atoms with Crippen LogP contribution < -0.4 is 10.2 Å². The highest BCUT2D eigenvalue weighted by Crippen LogP contribution is 2.34. The van der Waals surface area contributed by atoms with Gasteiger partial charge in [0.25, 0.3) is 0 Å². The molecule has 1 N–H and O–H groups in total. The monoisotopic (exact) mass is 400 g/mol. The van der Waals surface area contributed by atoms with Gasteiger partial charge in [-0.3, -0.25) is 0 Å². The molecule has 2 heterocycles. The summed E-state index contributed by atoms with van der Waals surface area (Å²) in [7, 11) is 1.96. The van der Waals surface area contributed by atoms with Gasteiger partial charge in [-0.05, 0) is 54.7 Å². The second kappa shape index (κ2) is 6.82. The second-order valence-electron chi connectivity index (χ2n) is 6.50. The van der Waals surface area contributed by atoms with Crippen LogP contribution in [0.4, 0.5) is 11.4 Å². The molecule has 5 aromatic rings. The van der Waals surface area contributed by atoms with E-state index in [1.165, 1.54) is 0 Å². The van der Waals surface area contributed by atoms with Crippen molar-refractivity contribution in [3.8, 4) is 0 Å². The molecule has 0 unspecified atom stereocenters. The number of hydrogen-bond donors (Lipinski definition) is 1. The molecule has 6 heteroatoms. The van der Waals surface area contributed by atoms with Gasteiger partial charge in [0.15, 0.2) is 5.11 Å². The molecule has 0 aliphatic carbocycles. The van der Waals surface area contributed by atoms with Gasteiger partial charge in [0.1, 0.15) is 10.3 Å². The van der Waals surface area contributed by atoms with Crippen LogP contribution in [-0.4, -0.2) is 22.1 Å². The Morgan fingerprint density at radius 3 is 2.43 bits per heavy atom. The number of rotatable bonds is 2. The van der Waals surface area contributed by atoms with Crippen molar-refractivity contribution < 1.29 is 0 Å². The maximum atomic E-state index is 5.59. The summed E-state index contributed by atoms with van der Waals surface area (Å²) in [6.45, 7) is 0. The van der Waals surface area contributed by atoms with Crippen molar-refractivity contribution in [2.24, 2.45) is 0 Å². The summed E-state index contributed by atoms with van der Waals surface area (Å²) in [4.78, 5) is 12.5. The number of hydrogen-bond acceptors (Lipinski definition) is 4. The van der Waals surface area contributed by atoms with E-state index < -0.39 is 0 Å². The Morgan fingerprint density at radius 1 is 0.929 bits per heavy atom. The molecule has 0 bridgehead atoms. The standard InChI is InChI=1S/C22H16N4S2/c1-26(15-7-3-2-4-8-15)22(27)23-14-11-12-19-16(13-14)20-21(28-19)25-18-10-6-5-9-17(18)24-20/h2-13H,1H3,(H,23,27). The predicted octanol–water partition coefficient (Wildman–Crippen LogP) is 5.83. The molecule has 136 valence electrons. The Hall–Kier alpha value is -3.09. The lowest BCUT2D eigenvalue weighted by molar-refractivity contribution is 1.28. The number of anilines is 2. The zero-order valence-electron chi connectivity index (χ0n) is 15.1. The van der Waals surface area contributed by atoms with Crippen LogP contribution in [0.3, 0.4) is 0 Å². The Balaban J connectivity index is 1.52. The highest BCUT2D eigenvalue weighted by atomic mass is 32.1. The van der Waals surface area contributed by atoms with Crippen LogP contribution in [0.1, 0.15) is 0 Å². The molecule has 0 atom stereocenters. The van der Waals surface area contributed by atoms with E-state index >= 15 is 0 Å². The number of fused-ring (bicyclic) bond motifs is 4. The number of benzene rings is 3. The van der Waals surface area contributed by atoms with Gasteiger partial charge in [-0.1, -0.05) is 30.3 Å². The van der Waals surface area contributed by atoms with Gasteiger partial charge in [-0.25, -0.2) is 9.97 Å². The molecule has 0 aliphatic rings. The molecule has 0 amide bonds. The summed E-state index contributed by atoms with van der Waals surface area (Å²) in [6, 6.07) is 24.3. The third kappa shape index (κ3) is 2.96. The fourth-order valence-corrected chi connectivity index (χ4v) is 4.42. The molecule has 3 aromatic carbocycles. The lowest BCUT2D eigenvalue weighted by atomic mass is 10.2. The highest BCUT2D eigenvalue weighted by molar-refractivity contribution is 7.80. The minimum Gasteiger partial charge on any atom is -0.332 e. The number of thiophene rings is 1. The molecule has 0 fully saturated rings. The summed E-state index contributed by atoms with van der Waals surface area (Å²) in [5.74, 6) is 0. The zero-order valence-corrected chi connectivity index (χ0v) is 16.7. The highest BCUT2D eigenvalue weighted by Gasteiger charge is 2.12. The molecule has 0 saturated carbocycles. The van der Waals surface area contributed by atoms with Crippen LogP contribution >= 0.6 is 23.6 Å². The van der Waals surface area contributed by atoms with E-state index in [-0.39, 0.29) is 0 Å². The van der Waals surface area contributed by atoms with E-state index in [1.807, 2.05) is 72.6 Å². The third-order valence-corrected chi connectivity index (χ3v) is 6.11. The van der Waals surface area contributed by atoms with Crippen molar-refractivity contribution in [1.82, 2.24) is 9.97 Å². The van der Waals surface area contributed by atoms with Gasteiger partial charge < -0.3 is 10.2 Å². The van der Waals surface area contributed by atoms with Crippen LogP contribution in [0, 0.1) is 0 Å². The molecule has 0 radical (unpaired) electrons. The minimum atomic E-state index is 0.640. The summed E-state index contributed by atoms with van der Waals surface area (Å²) < 4.78 is 1.16. The van der Waals surface area contributed by atoms with Crippen molar-refractivity contribution >= 4 is 71.5 Å². The minimum absolute atomic E-state index is 0.640. The van der Waals surface area contributed by atoms with Crippen LogP contribution in [0.25, 0.3) is 31.5 Å². The van der Waals surface area contributed by atoms with E-state index in [2.05, 4.69) is 17.4 Å². The first-order chi connectivity index (χ1) is 13.7. The van der Waals surface area contributed by atoms with Gasteiger partial charge >= 0.3 is 0 Å². The number of thiocarbonyl (C=S) groups is 1. The average molecular weight is 401 g/mol. The lowest BCUT2D eigenvalue weighted by Gasteiger charge is -2.21. The van der Waals surface area contributed by atoms with Gasteiger partial charge in [-0.2, -0.15) is 0 Å². The molecule has 5 rings (SSSR count). The number of para-hydroxylation sites is 3. The lowest BCUT2D eigenvalue weighted by Crippen LogP contribution is -2.30. The van der Waals surface area contributed by atoms with Gasteiger partial charge in [0.2, 0.25) is 0 Å². The van der Waals surface area contributed by atoms with Crippen molar-refractivity contribution in [2.45, 2.75) is 0 Å². The first-order valence-electron chi connectivity index (χ1n) is 8.88. The summed E-state index contributed by atoms with van der Waals surface area (Å²) in [5.41, 5.74) is 4.75. The number of aromatic nitrogens is 2. The Kier molecular flexibility index (Phi) is 4.15. The van der Waals surface area contributed by atoms with Gasteiger partial charge in [0.05, 0.1) is 11.0 Å². The van der Waals surface area contributed by atoms with E-state index in [1.54, 1.807) is 11.3 Å². The first-order valence-corrected chi connectivity index (χ1v) is 10.1. The quantitative estimate of drug-likeness (QED) is 0.378. The Bertz CT molecular complexity index is 1330. The maximum Gasteiger partial charge on any atom is 0.177 e. The van der Waals surface area contributed by atoms with E-state index in [4.69, 9.17) is 22.2 Å². The van der Waals surface area contributed by atoms with Crippen LogP contribution in [0.15, 0.2) is 72.8 Å². The van der Waals surface area contributed by atoms with Gasteiger partial charge in [-0.15, -0.1) is 11.3 Å². The smallest absolute Gasteiger partial charge is 0.177 e. The van der Waals surface area contributed by atoms with Crippen molar-refractivity contribution in [3.63, 3.8) is 0 Å². The predicted molar refractivity (Wildman–Crippen MR) is 123 cm³/mol. The van der Waals surface area contributed by atoms with Crippen molar-refractivity contribution in [3.05, 3.63) is 72.8 Å². The SMILES string of the molecule is CN(C(=S)Nc1ccc2sc3nc4ccccc4nc3c2c1)c1ccccc1. The maximum absolute atomic E-state index is 5.59. The molecular formula is C22H16N4S2. The van der Waals surface area contributed by atoms with Crippen molar-refractivity contribution in [1.29, 1.82) is 0 Å². The van der Waals surface area contributed by atoms with E-state index in [0.29, 0.717) is 5.11 Å². The van der Waals surface area contributed by atoms with Crippen LogP contribution in [0.2, 0.25) is 0 Å². The molecule has 28 heavy (non-hydrogen) atoms.